The highest BCUT2D eigenvalue weighted by Crippen LogP contribution is 2.61. The molecule has 0 atom stereocenters. The molecule has 0 aliphatic carbocycles. The largest absolute Gasteiger partial charge is 0.489 e. The van der Waals surface area contributed by atoms with Crippen LogP contribution in [-0.4, -0.2) is 21.4 Å². The highest BCUT2D eigenvalue weighted by atomic mass is 15.6. The Labute approximate surface area is 474 Å². The van der Waals surface area contributed by atoms with Gasteiger partial charge in [0.05, 0.1) is 17.1 Å². The second-order valence-electron chi connectivity index (χ2n) is 21.1. The van der Waals surface area contributed by atoms with Gasteiger partial charge in [0.25, 0.3) is 0 Å². The van der Waals surface area contributed by atoms with Crippen molar-refractivity contribution >= 4 is 72.5 Å². The molecule has 12 aromatic rings. The average Bonchev–Trinajstić information content (AvgIpc) is 1.92. The molecule has 0 amide bonds. The van der Waals surface area contributed by atoms with Gasteiger partial charge in [0.1, 0.15) is 0 Å². The first-order valence-electron chi connectivity index (χ1n) is 28.0. The van der Waals surface area contributed by atoms with Gasteiger partial charge >= 0.3 is 21.4 Å². The van der Waals surface area contributed by atoms with Crippen LogP contribution in [0.3, 0.4) is 0 Å². The number of hydrogen-bond donors (Lipinski definition) is 0. The Morgan fingerprint density at radius 1 is 0.160 bits per heavy atom. The SMILES string of the molecule is c1ccc(-c2cccc(-c3ccccc3)c2N2B3N(B4N(B5N3c3ccccc3N5c3c(-c5ccccc5)cccc3-c3ccccc3)c3ccccc3N4c3c(-c4ccccc4)cccc3-c3ccccc3)c3ccccc32)cc1. The molecule has 9 heteroatoms. The summed E-state index contributed by atoms with van der Waals surface area (Å²) in [5.74, 6) is 0. The Balaban J connectivity index is 1.05. The van der Waals surface area contributed by atoms with Gasteiger partial charge in [-0.25, -0.2) is 0 Å². The molecule has 81 heavy (non-hydrogen) atoms. The van der Waals surface area contributed by atoms with E-state index in [-0.39, 0.29) is 0 Å². The van der Waals surface area contributed by atoms with Crippen LogP contribution in [0, 0.1) is 0 Å². The number of anilines is 9. The molecule has 4 heterocycles. The lowest BCUT2D eigenvalue weighted by atomic mass is 9.55. The summed E-state index contributed by atoms with van der Waals surface area (Å²) in [4.78, 5) is 8.07. The van der Waals surface area contributed by atoms with E-state index in [4.69, 9.17) is 0 Å². The summed E-state index contributed by atoms with van der Waals surface area (Å²) in [6.07, 6.45) is 0. The van der Waals surface area contributed by atoms with E-state index >= 15 is 0 Å². The second kappa shape index (κ2) is 19.2. The summed E-state index contributed by atoms with van der Waals surface area (Å²) in [7, 11) is -1.30. The fraction of sp³-hybridized carbons (Fsp3) is 0. The van der Waals surface area contributed by atoms with Crippen LogP contribution >= 0.6 is 0 Å². The maximum Gasteiger partial charge on any atom is 0.489 e. The van der Waals surface area contributed by atoms with Gasteiger partial charge < -0.3 is 28.6 Å². The Morgan fingerprint density at radius 2 is 0.333 bits per heavy atom. The van der Waals surface area contributed by atoms with Crippen molar-refractivity contribution in [1.82, 2.24) is 0 Å². The van der Waals surface area contributed by atoms with Crippen molar-refractivity contribution in [3.05, 3.63) is 309 Å². The van der Waals surface area contributed by atoms with Crippen LogP contribution in [0.1, 0.15) is 0 Å². The predicted octanol–water partition coefficient (Wildman–Crippen LogP) is 17.9. The third-order valence-electron chi connectivity index (χ3n) is 16.8. The highest BCUT2D eigenvalue weighted by Gasteiger charge is 2.70. The molecule has 12 aromatic carbocycles. The number of hydrogen-bond acceptors (Lipinski definition) is 6. The molecule has 0 saturated carbocycles. The number of rotatable bonds is 9. The molecule has 6 nitrogen and oxygen atoms in total. The van der Waals surface area contributed by atoms with Gasteiger partial charge in [-0.2, -0.15) is 0 Å². The maximum absolute atomic E-state index is 2.74. The molecule has 4 aliphatic heterocycles. The standard InChI is InChI=1S/C72H51B3N6/c1-7-28-52(29-8-1)58-40-25-41-59(53-30-9-2-10-31-53)70(58)76-64-46-19-22-49-67(64)79-73(76)80-68-50-23-20-47-65(68)77(71-60(54-32-11-3-12-33-54)42-26-43-61(71)55-34-13-4-14-35-55)75(80)81-69-51-24-21-48-66(69)78(74(79)81)72-62(56-36-15-5-16-37-56)44-27-45-63(72)57-38-17-6-18-39-57/h1-51H. The van der Waals surface area contributed by atoms with Crippen molar-refractivity contribution in [1.29, 1.82) is 0 Å². The molecule has 0 radical (unpaired) electrons. The molecule has 16 rings (SSSR count). The molecule has 1 fully saturated rings. The van der Waals surface area contributed by atoms with Crippen molar-refractivity contribution in [2.45, 2.75) is 0 Å². The van der Waals surface area contributed by atoms with Crippen LogP contribution in [-0.2, 0) is 0 Å². The predicted molar refractivity (Wildman–Crippen MR) is 342 cm³/mol. The van der Waals surface area contributed by atoms with Crippen LogP contribution < -0.4 is 28.6 Å². The summed E-state index contributed by atoms with van der Waals surface area (Å²) < 4.78 is 8.21. The second-order valence-corrected chi connectivity index (χ2v) is 21.1. The fourth-order valence-electron chi connectivity index (χ4n) is 13.5. The van der Waals surface area contributed by atoms with Gasteiger partial charge in [-0.1, -0.05) is 273 Å². The number of benzene rings is 12. The van der Waals surface area contributed by atoms with E-state index in [1.54, 1.807) is 0 Å². The lowest BCUT2D eigenvalue weighted by molar-refractivity contribution is 1.25. The fourth-order valence-corrected chi connectivity index (χ4v) is 13.5. The summed E-state index contributed by atoms with van der Waals surface area (Å²) in [5, 5.41) is 0. The van der Waals surface area contributed by atoms with Gasteiger partial charge in [0, 0.05) is 67.5 Å². The lowest BCUT2D eigenvalue weighted by Gasteiger charge is -2.52. The first kappa shape index (κ1) is 46.7. The van der Waals surface area contributed by atoms with Gasteiger partial charge in [-0.15, -0.1) is 0 Å². The molecule has 4 aliphatic rings. The van der Waals surface area contributed by atoms with Crippen LogP contribution in [0.25, 0.3) is 66.8 Å². The van der Waals surface area contributed by atoms with Gasteiger partial charge in [0.2, 0.25) is 0 Å². The van der Waals surface area contributed by atoms with Crippen LogP contribution in [0.4, 0.5) is 51.2 Å². The van der Waals surface area contributed by atoms with E-state index in [1.165, 1.54) is 0 Å². The minimum atomic E-state index is -0.433. The van der Waals surface area contributed by atoms with Gasteiger partial charge in [-0.3, -0.25) is 0 Å². The normalized spacial score (nSPS) is 13.7. The Morgan fingerprint density at radius 3 is 0.531 bits per heavy atom. The van der Waals surface area contributed by atoms with E-state index in [0.717, 1.165) is 118 Å². The molecular formula is C72H51B3N6. The smallest absolute Gasteiger partial charge is 0.382 e. The van der Waals surface area contributed by atoms with Crippen molar-refractivity contribution in [2.75, 3.05) is 28.6 Å². The Bertz CT molecular complexity index is 3680. The molecule has 0 bridgehead atoms. The lowest BCUT2D eigenvalue weighted by Crippen LogP contribution is -2.83. The van der Waals surface area contributed by atoms with E-state index in [9.17, 15) is 0 Å². The third-order valence-corrected chi connectivity index (χ3v) is 16.8. The molecule has 0 unspecified atom stereocenters. The minimum absolute atomic E-state index is 0.433. The average molecular weight is 1030 g/mol. The van der Waals surface area contributed by atoms with Crippen molar-refractivity contribution < 1.29 is 0 Å². The van der Waals surface area contributed by atoms with E-state index < -0.39 is 21.4 Å². The van der Waals surface area contributed by atoms with E-state index in [2.05, 4.69) is 338 Å². The number of fused-ring (bicyclic) bond motifs is 12. The summed E-state index contributed by atoms with van der Waals surface area (Å²) >= 11 is 0. The van der Waals surface area contributed by atoms with Gasteiger partial charge in [-0.05, 0) is 69.8 Å². The zero-order chi connectivity index (χ0) is 53.4. The number of para-hydroxylation sites is 9. The van der Waals surface area contributed by atoms with Crippen LogP contribution in [0.2, 0.25) is 0 Å². The Hall–Kier alpha value is -10.4. The summed E-state index contributed by atoms with van der Waals surface area (Å²) in [6.45, 7) is 0. The molecular weight excluding hydrogens is 981 g/mol. The monoisotopic (exact) mass is 1030 g/mol. The zero-order valence-corrected chi connectivity index (χ0v) is 44.4. The quantitative estimate of drug-likeness (QED) is 0.133. The van der Waals surface area contributed by atoms with Crippen LogP contribution in [0.5, 0.6) is 0 Å². The topological polar surface area (TPSA) is 19.4 Å². The molecule has 0 aromatic heterocycles. The first-order chi connectivity index (χ1) is 40.3. The number of nitrogens with zero attached hydrogens (tertiary/aromatic N) is 6. The molecule has 0 spiro atoms. The molecule has 1 saturated heterocycles. The maximum atomic E-state index is 2.74. The van der Waals surface area contributed by atoms with Crippen LogP contribution in [0.15, 0.2) is 309 Å². The summed E-state index contributed by atoms with van der Waals surface area (Å²) in [6, 6.07) is 114. The van der Waals surface area contributed by atoms with Crippen molar-refractivity contribution in [2.24, 2.45) is 0 Å². The highest BCUT2D eigenvalue weighted by molar-refractivity contribution is 7.11. The third kappa shape index (κ3) is 7.32. The Kier molecular flexibility index (Phi) is 11.1. The minimum Gasteiger partial charge on any atom is -0.382 e. The van der Waals surface area contributed by atoms with Crippen molar-refractivity contribution in [3.8, 4) is 66.8 Å². The van der Waals surface area contributed by atoms with E-state index in [1.807, 2.05) is 0 Å². The first-order valence-corrected chi connectivity index (χ1v) is 28.0. The van der Waals surface area contributed by atoms with Gasteiger partial charge in [0.15, 0.2) is 0 Å². The van der Waals surface area contributed by atoms with E-state index in [0.29, 0.717) is 0 Å². The van der Waals surface area contributed by atoms with Crippen molar-refractivity contribution in [3.63, 3.8) is 0 Å². The molecule has 0 N–H and O–H groups in total. The zero-order valence-electron chi connectivity index (χ0n) is 44.4. The summed E-state index contributed by atoms with van der Waals surface area (Å²) in [5.41, 5.74) is 24.1. The molecule has 378 valence electrons.